The Labute approximate surface area is 96.6 Å². The average Bonchev–Trinajstić information content (AvgIpc) is 2.36. The van der Waals surface area contributed by atoms with Crippen LogP contribution < -0.4 is 5.32 Å². The summed E-state index contributed by atoms with van der Waals surface area (Å²) < 4.78 is 0. The molecule has 16 heavy (non-hydrogen) atoms. The average molecular weight is 241 g/mol. The summed E-state index contributed by atoms with van der Waals surface area (Å²) >= 11 is 5.81. The van der Waals surface area contributed by atoms with Gasteiger partial charge in [0.15, 0.2) is 0 Å². The Bertz CT molecular complexity index is 461. The van der Waals surface area contributed by atoms with Crippen LogP contribution in [0.3, 0.4) is 0 Å². The zero-order valence-electron chi connectivity index (χ0n) is 8.24. The highest BCUT2D eigenvalue weighted by molar-refractivity contribution is 6.30. The van der Waals surface area contributed by atoms with E-state index in [2.05, 4.69) is 5.32 Å². The molecule has 0 saturated carbocycles. The predicted octanol–water partition coefficient (Wildman–Crippen LogP) is 1.77. The van der Waals surface area contributed by atoms with Crippen LogP contribution in [-0.4, -0.2) is 28.6 Å². The number of hydrogen-bond acceptors (Lipinski definition) is 2. The number of rotatable bonds is 0. The number of nitrogens with one attached hydrogen (secondary N) is 1. The molecule has 6 heteroatoms. The first-order valence-corrected chi connectivity index (χ1v) is 5.00. The molecule has 2 amide bonds. The van der Waals surface area contributed by atoms with Crippen molar-refractivity contribution in [3.05, 3.63) is 28.8 Å². The van der Waals surface area contributed by atoms with Gasteiger partial charge in [-0.3, -0.25) is 9.69 Å². The third-order valence-corrected chi connectivity index (χ3v) is 2.54. The van der Waals surface area contributed by atoms with Crippen molar-refractivity contribution < 1.29 is 14.7 Å². The van der Waals surface area contributed by atoms with Gasteiger partial charge in [0.25, 0.3) is 0 Å². The lowest BCUT2D eigenvalue weighted by Gasteiger charge is -2.14. The van der Waals surface area contributed by atoms with Gasteiger partial charge in [0.2, 0.25) is 5.91 Å². The molecule has 1 aromatic carbocycles. The zero-order valence-corrected chi connectivity index (χ0v) is 8.99. The Kier molecular flexibility index (Phi) is 2.70. The quantitative estimate of drug-likeness (QED) is 0.726. The summed E-state index contributed by atoms with van der Waals surface area (Å²) in [5.74, 6) is -0.344. The summed E-state index contributed by atoms with van der Waals surface area (Å²) in [4.78, 5) is 23.3. The van der Waals surface area contributed by atoms with Crippen LogP contribution in [-0.2, 0) is 11.3 Å². The molecule has 2 rings (SSSR count). The van der Waals surface area contributed by atoms with E-state index >= 15 is 0 Å². The van der Waals surface area contributed by atoms with Gasteiger partial charge in [-0.15, -0.1) is 0 Å². The first-order chi connectivity index (χ1) is 7.56. The number of carbonyl (C=O) groups excluding carboxylic acids is 1. The van der Waals surface area contributed by atoms with Gasteiger partial charge < -0.3 is 10.4 Å². The standard InChI is InChI=1S/C10H9ClN2O3/c11-7-1-2-8-6(3-7)4-13(10(15)16)5-9(14)12-8/h1-3H,4-5H2,(H,12,14)(H,15,16). The van der Waals surface area contributed by atoms with E-state index in [0.29, 0.717) is 16.3 Å². The van der Waals surface area contributed by atoms with Crippen molar-refractivity contribution in [1.29, 1.82) is 0 Å². The Morgan fingerprint density at radius 2 is 2.19 bits per heavy atom. The Morgan fingerprint density at radius 1 is 1.44 bits per heavy atom. The second-order valence-electron chi connectivity index (χ2n) is 3.49. The molecule has 0 bridgehead atoms. The molecule has 0 fully saturated rings. The molecule has 0 spiro atoms. The van der Waals surface area contributed by atoms with E-state index in [1.165, 1.54) is 0 Å². The molecule has 0 aromatic heterocycles. The van der Waals surface area contributed by atoms with E-state index < -0.39 is 6.09 Å². The normalized spacial score (nSPS) is 15.1. The third-order valence-electron chi connectivity index (χ3n) is 2.31. The van der Waals surface area contributed by atoms with E-state index in [9.17, 15) is 9.59 Å². The van der Waals surface area contributed by atoms with Crippen molar-refractivity contribution >= 4 is 29.3 Å². The van der Waals surface area contributed by atoms with Crippen molar-refractivity contribution in [2.45, 2.75) is 6.54 Å². The van der Waals surface area contributed by atoms with Crippen LogP contribution in [0.5, 0.6) is 0 Å². The molecule has 0 atom stereocenters. The van der Waals surface area contributed by atoms with Gasteiger partial charge in [-0.25, -0.2) is 4.79 Å². The summed E-state index contributed by atoms with van der Waals surface area (Å²) in [7, 11) is 0. The minimum absolute atomic E-state index is 0.157. The maximum absolute atomic E-state index is 11.4. The molecule has 5 nitrogen and oxygen atoms in total. The molecule has 0 saturated heterocycles. The first-order valence-electron chi connectivity index (χ1n) is 4.62. The fraction of sp³-hybridized carbons (Fsp3) is 0.200. The Hall–Kier alpha value is -1.75. The monoisotopic (exact) mass is 240 g/mol. The summed E-state index contributed by atoms with van der Waals surface area (Å²) in [5, 5.41) is 12.0. The molecule has 2 N–H and O–H groups in total. The van der Waals surface area contributed by atoms with Gasteiger partial charge in [0.05, 0.1) is 6.54 Å². The van der Waals surface area contributed by atoms with E-state index in [4.69, 9.17) is 16.7 Å². The van der Waals surface area contributed by atoms with Crippen LogP contribution in [0.1, 0.15) is 5.56 Å². The van der Waals surface area contributed by atoms with E-state index in [1.807, 2.05) is 0 Å². The second-order valence-corrected chi connectivity index (χ2v) is 3.92. The lowest BCUT2D eigenvalue weighted by atomic mass is 10.2. The molecular formula is C10H9ClN2O3. The highest BCUT2D eigenvalue weighted by atomic mass is 35.5. The summed E-state index contributed by atoms with van der Waals surface area (Å²) in [6, 6.07) is 4.97. The predicted molar refractivity (Wildman–Crippen MR) is 58.5 cm³/mol. The molecule has 0 radical (unpaired) electrons. The number of hydrogen-bond donors (Lipinski definition) is 2. The minimum atomic E-state index is -1.12. The molecule has 0 unspecified atom stereocenters. The summed E-state index contributed by atoms with van der Waals surface area (Å²) in [5.41, 5.74) is 1.30. The molecule has 1 aromatic rings. The van der Waals surface area contributed by atoms with E-state index in [-0.39, 0.29) is 19.0 Å². The van der Waals surface area contributed by atoms with Crippen LogP contribution in [0.25, 0.3) is 0 Å². The topological polar surface area (TPSA) is 69.6 Å². The molecule has 84 valence electrons. The fourth-order valence-electron chi connectivity index (χ4n) is 1.57. The molecule has 1 aliphatic heterocycles. The smallest absolute Gasteiger partial charge is 0.408 e. The fourth-order valence-corrected chi connectivity index (χ4v) is 1.77. The van der Waals surface area contributed by atoms with Gasteiger partial charge in [-0.1, -0.05) is 11.6 Å². The largest absolute Gasteiger partial charge is 0.465 e. The van der Waals surface area contributed by atoms with Crippen LogP contribution >= 0.6 is 11.6 Å². The van der Waals surface area contributed by atoms with E-state index in [1.54, 1.807) is 18.2 Å². The van der Waals surface area contributed by atoms with Gasteiger partial charge in [0.1, 0.15) is 6.54 Å². The summed E-state index contributed by atoms with van der Waals surface area (Å²) in [6.45, 7) is -0.00833. The van der Waals surface area contributed by atoms with Crippen molar-refractivity contribution in [1.82, 2.24) is 4.90 Å². The Morgan fingerprint density at radius 3 is 2.88 bits per heavy atom. The molecular weight excluding hydrogens is 232 g/mol. The highest BCUT2D eigenvalue weighted by Gasteiger charge is 2.22. The van der Waals surface area contributed by atoms with Crippen molar-refractivity contribution in [3.63, 3.8) is 0 Å². The first kappa shape index (κ1) is 10.8. The lowest BCUT2D eigenvalue weighted by molar-refractivity contribution is -0.116. The summed E-state index contributed by atoms with van der Waals surface area (Å²) in [6.07, 6.45) is -1.12. The van der Waals surface area contributed by atoms with Crippen molar-refractivity contribution in [2.24, 2.45) is 0 Å². The van der Waals surface area contributed by atoms with E-state index in [0.717, 1.165) is 4.90 Å². The maximum Gasteiger partial charge on any atom is 0.408 e. The second kappa shape index (κ2) is 4.02. The number of anilines is 1. The lowest BCUT2D eigenvalue weighted by Crippen LogP contribution is -2.34. The number of carbonyl (C=O) groups is 2. The van der Waals surface area contributed by atoms with Gasteiger partial charge in [-0.05, 0) is 23.8 Å². The van der Waals surface area contributed by atoms with Crippen LogP contribution in [0.15, 0.2) is 18.2 Å². The van der Waals surface area contributed by atoms with Gasteiger partial charge in [0, 0.05) is 10.7 Å². The Balaban J connectivity index is 2.39. The van der Waals surface area contributed by atoms with Crippen molar-refractivity contribution in [2.75, 3.05) is 11.9 Å². The SMILES string of the molecule is O=C1CN(C(=O)O)Cc2cc(Cl)ccc2N1. The van der Waals surface area contributed by atoms with Gasteiger partial charge in [-0.2, -0.15) is 0 Å². The number of carboxylic acid groups (broad SMARTS) is 1. The minimum Gasteiger partial charge on any atom is -0.465 e. The highest BCUT2D eigenvalue weighted by Crippen LogP contribution is 2.24. The number of halogens is 1. The number of fused-ring (bicyclic) bond motifs is 1. The third kappa shape index (κ3) is 2.09. The number of benzene rings is 1. The molecule has 1 heterocycles. The van der Waals surface area contributed by atoms with Crippen LogP contribution in [0.2, 0.25) is 5.02 Å². The van der Waals surface area contributed by atoms with Crippen molar-refractivity contribution in [3.8, 4) is 0 Å². The molecule has 1 aliphatic rings. The zero-order chi connectivity index (χ0) is 11.7. The van der Waals surface area contributed by atoms with Gasteiger partial charge >= 0.3 is 6.09 Å². The van der Waals surface area contributed by atoms with Crippen LogP contribution in [0, 0.1) is 0 Å². The van der Waals surface area contributed by atoms with Crippen LogP contribution in [0.4, 0.5) is 10.5 Å². The number of nitrogens with zero attached hydrogens (tertiary/aromatic N) is 1. The maximum atomic E-state index is 11.4. The molecule has 0 aliphatic carbocycles. The number of amides is 2.